The molecule has 88 valence electrons. The number of nitrogens with one attached hydrogen (secondary N) is 1. The monoisotopic (exact) mass is 311 g/mol. The summed E-state index contributed by atoms with van der Waals surface area (Å²) in [5.74, 6) is -0.186. The van der Waals surface area contributed by atoms with Gasteiger partial charge in [-0.1, -0.05) is 0 Å². The van der Waals surface area contributed by atoms with Crippen molar-refractivity contribution in [2.75, 3.05) is 6.54 Å². The van der Waals surface area contributed by atoms with E-state index >= 15 is 0 Å². The van der Waals surface area contributed by atoms with E-state index in [9.17, 15) is 4.79 Å². The number of carbonyl (C=O) groups excluding carboxylic acids is 1. The lowest BCUT2D eigenvalue weighted by Crippen LogP contribution is -2.26. The molecular weight excluding hydrogens is 302 g/mol. The van der Waals surface area contributed by atoms with E-state index in [0.717, 1.165) is 10.9 Å². The molecule has 0 saturated carbocycles. The minimum absolute atomic E-state index is 0.186. The van der Waals surface area contributed by atoms with E-state index in [1.54, 1.807) is 17.5 Å². The van der Waals surface area contributed by atoms with E-state index in [-0.39, 0.29) is 5.91 Å². The summed E-state index contributed by atoms with van der Waals surface area (Å²) in [7, 11) is 0. The molecule has 1 amide bonds. The van der Waals surface area contributed by atoms with Crippen LogP contribution >= 0.6 is 27.3 Å². The van der Waals surface area contributed by atoms with Gasteiger partial charge in [-0.2, -0.15) is 0 Å². The molecule has 2 aromatic rings. The van der Waals surface area contributed by atoms with Crippen molar-refractivity contribution in [3.63, 3.8) is 0 Å². The summed E-state index contributed by atoms with van der Waals surface area (Å²) >= 11 is 5.07. The fourth-order valence-corrected chi connectivity index (χ4v) is 2.75. The zero-order valence-electron chi connectivity index (χ0n) is 8.89. The summed E-state index contributed by atoms with van der Waals surface area (Å²) in [6, 6.07) is 2.05. The number of halogens is 1. The Morgan fingerprint density at radius 3 is 3.00 bits per heavy atom. The quantitative estimate of drug-likeness (QED) is 0.942. The van der Waals surface area contributed by atoms with Crippen molar-refractivity contribution in [1.29, 1.82) is 0 Å². The molecular formula is C11H10BrN3OS. The van der Waals surface area contributed by atoms with Crippen LogP contribution in [0.15, 0.2) is 34.5 Å². The number of rotatable bonds is 4. The first kappa shape index (κ1) is 12.2. The molecule has 2 heterocycles. The zero-order valence-corrected chi connectivity index (χ0v) is 11.3. The normalized spacial score (nSPS) is 10.2. The van der Waals surface area contributed by atoms with Crippen LogP contribution in [0, 0.1) is 0 Å². The lowest BCUT2D eigenvalue weighted by molar-refractivity contribution is 0.0949. The number of hydrogen-bond donors (Lipinski definition) is 1. The van der Waals surface area contributed by atoms with Gasteiger partial charge in [0.25, 0.3) is 5.91 Å². The summed E-state index contributed by atoms with van der Waals surface area (Å²) in [5, 5.41) is 4.83. The van der Waals surface area contributed by atoms with Gasteiger partial charge in [-0.05, 0) is 28.4 Å². The van der Waals surface area contributed by atoms with Crippen LogP contribution in [0.3, 0.4) is 0 Å². The van der Waals surface area contributed by atoms with Gasteiger partial charge in [-0.3, -0.25) is 9.78 Å². The van der Waals surface area contributed by atoms with E-state index in [1.807, 2.05) is 5.38 Å². The van der Waals surface area contributed by atoms with E-state index in [4.69, 9.17) is 0 Å². The Kier molecular flexibility index (Phi) is 4.22. The van der Waals surface area contributed by atoms with Crippen LogP contribution in [0.2, 0.25) is 0 Å². The number of amides is 1. The molecule has 0 unspecified atom stereocenters. The number of aromatic nitrogens is 2. The van der Waals surface area contributed by atoms with Gasteiger partial charge in [0.05, 0.1) is 6.20 Å². The third kappa shape index (κ3) is 3.61. The highest BCUT2D eigenvalue weighted by atomic mass is 79.9. The smallest absolute Gasteiger partial charge is 0.271 e. The molecule has 0 atom stereocenters. The van der Waals surface area contributed by atoms with Gasteiger partial charge in [0.1, 0.15) is 5.69 Å². The van der Waals surface area contributed by atoms with Gasteiger partial charge >= 0.3 is 0 Å². The summed E-state index contributed by atoms with van der Waals surface area (Å²) in [5.41, 5.74) is 0.347. The first-order valence-electron chi connectivity index (χ1n) is 5.03. The average Bonchev–Trinajstić information content (AvgIpc) is 2.76. The van der Waals surface area contributed by atoms with Crippen LogP contribution in [0.25, 0.3) is 0 Å². The first-order chi connectivity index (χ1) is 8.25. The maximum atomic E-state index is 11.6. The van der Waals surface area contributed by atoms with Crippen LogP contribution < -0.4 is 5.32 Å². The van der Waals surface area contributed by atoms with Gasteiger partial charge in [-0.15, -0.1) is 11.3 Å². The molecule has 0 aromatic carbocycles. The predicted molar refractivity (Wildman–Crippen MR) is 70.1 cm³/mol. The summed E-state index contributed by atoms with van der Waals surface area (Å²) in [6.45, 7) is 0.600. The van der Waals surface area contributed by atoms with Gasteiger partial charge in [-0.25, -0.2) is 4.98 Å². The van der Waals surface area contributed by atoms with Crippen molar-refractivity contribution < 1.29 is 4.79 Å². The Hall–Kier alpha value is -1.27. The van der Waals surface area contributed by atoms with Crippen molar-refractivity contribution in [2.24, 2.45) is 0 Å². The van der Waals surface area contributed by atoms with E-state index < -0.39 is 0 Å². The Labute approximate surface area is 111 Å². The molecule has 0 fully saturated rings. The molecule has 1 N–H and O–H groups in total. The van der Waals surface area contributed by atoms with Gasteiger partial charge in [0.15, 0.2) is 0 Å². The highest BCUT2D eigenvalue weighted by molar-refractivity contribution is 9.10. The number of hydrogen-bond acceptors (Lipinski definition) is 4. The second-order valence-electron chi connectivity index (χ2n) is 3.33. The minimum atomic E-state index is -0.186. The fourth-order valence-electron chi connectivity index (χ4n) is 1.29. The van der Waals surface area contributed by atoms with Crippen LogP contribution in [-0.2, 0) is 6.42 Å². The highest BCUT2D eigenvalue weighted by Crippen LogP contribution is 2.19. The molecule has 4 nitrogen and oxygen atoms in total. The maximum Gasteiger partial charge on any atom is 0.271 e. The van der Waals surface area contributed by atoms with Crippen LogP contribution in [0.4, 0.5) is 0 Å². The van der Waals surface area contributed by atoms with E-state index in [2.05, 4.69) is 37.3 Å². The molecule has 17 heavy (non-hydrogen) atoms. The van der Waals surface area contributed by atoms with Crippen molar-refractivity contribution >= 4 is 33.2 Å². The van der Waals surface area contributed by atoms with Crippen molar-refractivity contribution in [3.05, 3.63) is 45.1 Å². The number of carbonyl (C=O) groups is 1. The Morgan fingerprint density at radius 2 is 2.35 bits per heavy atom. The number of thiophene rings is 1. The lowest BCUT2D eigenvalue weighted by Gasteiger charge is -2.02. The molecule has 0 aliphatic heterocycles. The Bertz CT molecular complexity index is 500. The molecule has 0 bridgehead atoms. The summed E-state index contributed by atoms with van der Waals surface area (Å²) < 4.78 is 1.08. The third-order valence-corrected chi connectivity index (χ3v) is 3.83. The van der Waals surface area contributed by atoms with Crippen LogP contribution in [0.5, 0.6) is 0 Å². The maximum absolute atomic E-state index is 11.6. The van der Waals surface area contributed by atoms with Gasteiger partial charge < -0.3 is 5.32 Å². The fraction of sp³-hybridized carbons (Fsp3) is 0.182. The molecule has 0 radical (unpaired) electrons. The SMILES string of the molecule is O=C(NCCc1cc(Br)cs1)c1cnccn1. The second kappa shape index (κ2) is 5.88. The standard InChI is InChI=1S/C11H10BrN3OS/c12-8-5-9(17-7-8)1-2-15-11(16)10-6-13-3-4-14-10/h3-7H,1-2H2,(H,15,16). The topological polar surface area (TPSA) is 54.9 Å². The summed E-state index contributed by atoms with van der Waals surface area (Å²) in [6.07, 6.45) is 5.32. The van der Waals surface area contributed by atoms with Gasteiger partial charge in [0, 0.05) is 33.7 Å². The van der Waals surface area contributed by atoms with Gasteiger partial charge in [0.2, 0.25) is 0 Å². The molecule has 0 aliphatic carbocycles. The van der Waals surface area contributed by atoms with Crippen LogP contribution in [-0.4, -0.2) is 22.4 Å². The number of nitrogens with zero attached hydrogens (tertiary/aromatic N) is 2. The summed E-state index contributed by atoms with van der Waals surface area (Å²) in [4.78, 5) is 20.6. The van der Waals surface area contributed by atoms with Crippen molar-refractivity contribution in [2.45, 2.75) is 6.42 Å². The highest BCUT2D eigenvalue weighted by Gasteiger charge is 2.06. The lowest BCUT2D eigenvalue weighted by atomic mass is 10.3. The zero-order chi connectivity index (χ0) is 12.1. The molecule has 6 heteroatoms. The molecule has 2 rings (SSSR count). The molecule has 0 spiro atoms. The largest absolute Gasteiger partial charge is 0.350 e. The van der Waals surface area contributed by atoms with Crippen LogP contribution in [0.1, 0.15) is 15.4 Å². The minimum Gasteiger partial charge on any atom is -0.350 e. The van der Waals surface area contributed by atoms with Crippen molar-refractivity contribution in [3.8, 4) is 0 Å². The average molecular weight is 312 g/mol. The van der Waals surface area contributed by atoms with E-state index in [1.165, 1.54) is 17.3 Å². The van der Waals surface area contributed by atoms with E-state index in [0.29, 0.717) is 12.2 Å². The molecule has 2 aromatic heterocycles. The molecule has 0 aliphatic rings. The predicted octanol–water partition coefficient (Wildman–Crippen LogP) is 2.27. The first-order valence-corrected chi connectivity index (χ1v) is 6.70. The Balaban J connectivity index is 1.81. The van der Waals surface area contributed by atoms with Crippen molar-refractivity contribution in [1.82, 2.24) is 15.3 Å². The molecule has 0 saturated heterocycles. The third-order valence-electron chi connectivity index (χ3n) is 2.07. The second-order valence-corrected chi connectivity index (χ2v) is 5.24. The Morgan fingerprint density at radius 1 is 1.47 bits per heavy atom.